The third-order valence-corrected chi connectivity index (χ3v) is 6.61. The molecule has 6 nitrogen and oxygen atoms in total. The van der Waals surface area contributed by atoms with Gasteiger partial charge in [-0.15, -0.1) is 0 Å². The lowest BCUT2D eigenvalue weighted by Crippen LogP contribution is -2.65. The first-order valence-corrected chi connectivity index (χ1v) is 11.1. The largest absolute Gasteiger partial charge is 0.337 e. The standard InChI is InChI=1S/C24H23ClFN5O/c1-14-11-15(2)29-24(28-14)31-12-16-8-10-30(13-20(16)31)23(32)17-5-3-7-19(26)21(17)22-18(25)6-4-9-27-22/h3-7,9,11,16,20H,8,10,12-13H2,1-2H3/t16?,20-/m0/s1. The van der Waals surface area contributed by atoms with E-state index in [1.54, 1.807) is 35.4 Å². The Bertz CT molecular complexity index is 1180. The Hall–Kier alpha value is -3.06. The minimum absolute atomic E-state index is 0.147. The number of halogens is 2. The highest BCUT2D eigenvalue weighted by Gasteiger charge is 2.45. The normalized spacial score (nSPS) is 20.0. The van der Waals surface area contributed by atoms with Gasteiger partial charge >= 0.3 is 0 Å². The molecule has 0 N–H and O–H groups in total. The molecular formula is C24H23ClFN5O. The van der Waals surface area contributed by atoms with E-state index in [1.165, 1.54) is 6.07 Å². The Labute approximate surface area is 191 Å². The number of aryl methyl sites for hydroxylation is 2. The fourth-order valence-electron chi connectivity index (χ4n) is 4.73. The molecule has 32 heavy (non-hydrogen) atoms. The Morgan fingerprint density at radius 2 is 1.91 bits per heavy atom. The van der Waals surface area contributed by atoms with Crippen LogP contribution in [0.5, 0.6) is 0 Å². The Morgan fingerprint density at radius 1 is 1.12 bits per heavy atom. The molecule has 5 rings (SSSR count). The summed E-state index contributed by atoms with van der Waals surface area (Å²) in [4.78, 5) is 30.9. The van der Waals surface area contributed by atoms with Crippen molar-refractivity contribution in [1.82, 2.24) is 19.9 Å². The van der Waals surface area contributed by atoms with Gasteiger partial charge in [-0.05, 0) is 50.6 Å². The van der Waals surface area contributed by atoms with Gasteiger partial charge in [0.25, 0.3) is 5.91 Å². The van der Waals surface area contributed by atoms with E-state index in [9.17, 15) is 9.18 Å². The molecule has 2 saturated heterocycles. The number of likely N-dealkylation sites (tertiary alicyclic amines) is 1. The predicted molar refractivity (Wildman–Crippen MR) is 121 cm³/mol. The molecule has 3 aromatic rings. The minimum atomic E-state index is -0.514. The van der Waals surface area contributed by atoms with Gasteiger partial charge in [-0.2, -0.15) is 0 Å². The molecule has 2 aromatic heterocycles. The molecule has 2 aliphatic heterocycles. The van der Waals surface area contributed by atoms with Crippen LogP contribution in [0.15, 0.2) is 42.6 Å². The first-order chi connectivity index (χ1) is 15.4. The van der Waals surface area contributed by atoms with Crippen LogP contribution in [-0.4, -0.2) is 51.4 Å². The first-order valence-electron chi connectivity index (χ1n) is 10.7. The minimum Gasteiger partial charge on any atom is -0.337 e. The molecule has 2 fully saturated rings. The molecule has 0 bridgehead atoms. The number of aromatic nitrogens is 3. The number of anilines is 1. The van der Waals surface area contributed by atoms with E-state index in [-0.39, 0.29) is 28.8 Å². The van der Waals surface area contributed by atoms with Crippen molar-refractivity contribution in [2.45, 2.75) is 26.3 Å². The summed E-state index contributed by atoms with van der Waals surface area (Å²) < 4.78 is 14.9. The van der Waals surface area contributed by atoms with Crippen molar-refractivity contribution >= 4 is 23.5 Å². The average Bonchev–Trinajstić information content (AvgIpc) is 2.74. The topological polar surface area (TPSA) is 62.2 Å². The number of piperidine rings is 1. The summed E-state index contributed by atoms with van der Waals surface area (Å²) in [6, 6.07) is 9.95. The summed E-state index contributed by atoms with van der Waals surface area (Å²) in [5.41, 5.74) is 2.55. The number of nitrogens with zero attached hydrogens (tertiary/aromatic N) is 5. The van der Waals surface area contributed by atoms with Crippen LogP contribution in [0.25, 0.3) is 11.3 Å². The van der Waals surface area contributed by atoms with Gasteiger partial charge in [0.15, 0.2) is 0 Å². The van der Waals surface area contributed by atoms with Gasteiger partial charge < -0.3 is 9.80 Å². The van der Waals surface area contributed by atoms with E-state index in [0.29, 0.717) is 30.0 Å². The number of pyridine rings is 1. The highest BCUT2D eigenvalue weighted by Crippen LogP contribution is 2.37. The molecule has 164 valence electrons. The molecular weight excluding hydrogens is 429 g/mol. The molecule has 2 atom stereocenters. The van der Waals surface area contributed by atoms with Gasteiger partial charge in [-0.25, -0.2) is 14.4 Å². The fraction of sp³-hybridized carbons (Fsp3) is 0.333. The van der Waals surface area contributed by atoms with E-state index in [0.717, 1.165) is 24.4 Å². The molecule has 0 spiro atoms. The van der Waals surface area contributed by atoms with Crippen molar-refractivity contribution in [2.24, 2.45) is 5.92 Å². The fourth-order valence-corrected chi connectivity index (χ4v) is 4.95. The molecule has 0 saturated carbocycles. The van der Waals surface area contributed by atoms with Crippen LogP contribution >= 0.6 is 11.6 Å². The quantitative estimate of drug-likeness (QED) is 0.594. The Balaban J connectivity index is 1.43. The SMILES string of the molecule is Cc1cc(C)nc(N2CC3CCN(C(=O)c4cccc(F)c4-c4ncccc4Cl)C[C@@H]32)n1. The van der Waals surface area contributed by atoms with Crippen molar-refractivity contribution in [1.29, 1.82) is 0 Å². The zero-order valence-corrected chi connectivity index (χ0v) is 18.7. The Morgan fingerprint density at radius 3 is 2.66 bits per heavy atom. The van der Waals surface area contributed by atoms with Crippen molar-refractivity contribution in [3.05, 3.63) is 70.4 Å². The van der Waals surface area contributed by atoms with E-state index < -0.39 is 5.82 Å². The maximum absolute atomic E-state index is 14.9. The lowest BCUT2D eigenvalue weighted by molar-refractivity contribution is 0.0589. The van der Waals surface area contributed by atoms with Crippen molar-refractivity contribution < 1.29 is 9.18 Å². The van der Waals surface area contributed by atoms with Gasteiger partial charge in [0.05, 0.1) is 27.9 Å². The van der Waals surface area contributed by atoms with Crippen molar-refractivity contribution in [3.8, 4) is 11.3 Å². The van der Waals surface area contributed by atoms with Crippen molar-refractivity contribution in [3.63, 3.8) is 0 Å². The molecule has 0 radical (unpaired) electrons. The number of hydrogen-bond donors (Lipinski definition) is 0. The second-order valence-corrected chi connectivity index (χ2v) is 8.87. The van der Waals surface area contributed by atoms with Crippen LogP contribution < -0.4 is 4.90 Å². The van der Waals surface area contributed by atoms with Crippen LogP contribution in [0.4, 0.5) is 10.3 Å². The number of rotatable bonds is 3. The molecule has 8 heteroatoms. The third-order valence-electron chi connectivity index (χ3n) is 6.31. The molecule has 1 aromatic carbocycles. The van der Waals surface area contributed by atoms with Crippen LogP contribution in [0.2, 0.25) is 5.02 Å². The maximum atomic E-state index is 14.9. The maximum Gasteiger partial charge on any atom is 0.254 e. The second-order valence-electron chi connectivity index (χ2n) is 8.47. The third kappa shape index (κ3) is 3.60. The number of amides is 1. The second kappa shape index (κ2) is 8.13. The van der Waals surface area contributed by atoms with Crippen LogP contribution in [0, 0.1) is 25.6 Å². The molecule has 4 heterocycles. The number of carbonyl (C=O) groups excluding carboxylic acids is 1. The number of carbonyl (C=O) groups is 1. The van der Waals surface area contributed by atoms with E-state index in [2.05, 4.69) is 19.9 Å². The van der Waals surface area contributed by atoms with Gasteiger partial charge in [0, 0.05) is 43.1 Å². The smallest absolute Gasteiger partial charge is 0.254 e. The first kappa shape index (κ1) is 20.8. The molecule has 1 unspecified atom stereocenters. The summed E-state index contributed by atoms with van der Waals surface area (Å²) >= 11 is 6.28. The predicted octanol–water partition coefficient (Wildman–Crippen LogP) is 4.30. The van der Waals surface area contributed by atoms with Crippen LogP contribution in [0.1, 0.15) is 28.2 Å². The van der Waals surface area contributed by atoms with E-state index >= 15 is 0 Å². The zero-order valence-electron chi connectivity index (χ0n) is 17.9. The van der Waals surface area contributed by atoms with Crippen molar-refractivity contribution in [2.75, 3.05) is 24.5 Å². The summed E-state index contributed by atoms with van der Waals surface area (Å²) in [6.45, 7) is 5.99. The molecule has 1 amide bonds. The Kier molecular flexibility index (Phi) is 5.29. The number of benzene rings is 1. The van der Waals surface area contributed by atoms with Crippen LogP contribution in [-0.2, 0) is 0 Å². The lowest BCUT2D eigenvalue weighted by atomic mass is 9.82. The number of fused-ring (bicyclic) bond motifs is 1. The zero-order chi connectivity index (χ0) is 22.4. The highest BCUT2D eigenvalue weighted by atomic mass is 35.5. The van der Waals surface area contributed by atoms with Crippen LogP contribution in [0.3, 0.4) is 0 Å². The van der Waals surface area contributed by atoms with Gasteiger partial charge in [0.2, 0.25) is 5.95 Å². The van der Waals surface area contributed by atoms with Gasteiger partial charge in [0.1, 0.15) is 5.82 Å². The van der Waals surface area contributed by atoms with Gasteiger partial charge in [-0.3, -0.25) is 9.78 Å². The average molecular weight is 452 g/mol. The summed E-state index contributed by atoms with van der Waals surface area (Å²) in [7, 11) is 0. The summed E-state index contributed by atoms with van der Waals surface area (Å²) in [5.74, 6) is 0.485. The summed E-state index contributed by atoms with van der Waals surface area (Å²) in [5, 5.41) is 0.308. The molecule has 0 aliphatic carbocycles. The summed E-state index contributed by atoms with van der Waals surface area (Å²) in [6.07, 6.45) is 2.44. The lowest BCUT2D eigenvalue weighted by Gasteiger charge is -2.53. The number of hydrogen-bond acceptors (Lipinski definition) is 5. The van der Waals surface area contributed by atoms with Gasteiger partial charge in [-0.1, -0.05) is 17.7 Å². The monoisotopic (exact) mass is 451 g/mol. The molecule has 2 aliphatic rings. The van der Waals surface area contributed by atoms with E-state index in [4.69, 9.17) is 11.6 Å². The highest BCUT2D eigenvalue weighted by molar-refractivity contribution is 6.33. The van der Waals surface area contributed by atoms with E-state index in [1.807, 2.05) is 19.9 Å².